The number of benzene rings is 2. The second kappa shape index (κ2) is 6.80. The summed E-state index contributed by atoms with van der Waals surface area (Å²) in [5.74, 6) is 2.02. The van der Waals surface area contributed by atoms with Gasteiger partial charge in [0, 0.05) is 17.3 Å². The minimum atomic E-state index is 0.411. The lowest BCUT2D eigenvalue weighted by atomic mass is 9.94. The topological polar surface area (TPSA) is 120 Å². The maximum absolute atomic E-state index is 6.55. The smallest absolute Gasteiger partial charge is 0.210 e. The van der Waals surface area contributed by atoms with Gasteiger partial charge in [0.25, 0.3) is 0 Å². The van der Waals surface area contributed by atoms with Gasteiger partial charge in [-0.1, -0.05) is 38.1 Å². The molecular weight excluding hydrogens is 380 g/mol. The summed E-state index contributed by atoms with van der Waals surface area (Å²) in [5, 5.41) is 20.6. The van der Waals surface area contributed by atoms with Crippen molar-refractivity contribution in [3.63, 3.8) is 0 Å². The van der Waals surface area contributed by atoms with Gasteiger partial charge in [-0.05, 0) is 33.5 Å². The average molecular weight is 400 g/mol. The molecule has 9 nitrogen and oxygen atoms in total. The first-order chi connectivity index (χ1) is 14.6. The van der Waals surface area contributed by atoms with Crippen molar-refractivity contribution in [1.29, 1.82) is 0 Å². The van der Waals surface area contributed by atoms with Crippen LogP contribution in [0, 0.1) is 0 Å². The molecule has 0 unspecified atom stereocenters. The molecule has 0 atom stereocenters. The zero-order chi connectivity index (χ0) is 20.8. The highest BCUT2D eigenvalue weighted by Crippen LogP contribution is 2.40. The number of nitrogens with one attached hydrogen (secondary N) is 1. The Morgan fingerprint density at radius 3 is 2.70 bits per heavy atom. The van der Waals surface area contributed by atoms with Crippen molar-refractivity contribution in [3.05, 3.63) is 48.3 Å². The number of hydrogen-bond donors (Lipinski definition) is 2. The summed E-state index contributed by atoms with van der Waals surface area (Å²) in [4.78, 5) is 4.61. The lowest BCUT2D eigenvalue weighted by Crippen LogP contribution is -2.04. The molecule has 0 aliphatic carbocycles. The summed E-state index contributed by atoms with van der Waals surface area (Å²) in [6.45, 7) is 4.36. The van der Waals surface area contributed by atoms with Crippen LogP contribution >= 0.6 is 0 Å². The lowest BCUT2D eigenvalue weighted by Gasteiger charge is -2.16. The van der Waals surface area contributed by atoms with Gasteiger partial charge in [-0.2, -0.15) is 14.8 Å². The Morgan fingerprint density at radius 2 is 1.97 bits per heavy atom. The molecule has 3 N–H and O–H groups in total. The summed E-state index contributed by atoms with van der Waals surface area (Å²) in [7, 11) is 1.65. The van der Waals surface area contributed by atoms with E-state index in [0.717, 1.165) is 27.6 Å². The molecule has 0 radical (unpaired) electrons. The van der Waals surface area contributed by atoms with Crippen LogP contribution in [0.1, 0.15) is 25.3 Å². The highest BCUT2D eigenvalue weighted by molar-refractivity contribution is 6.02. The second-order valence-corrected chi connectivity index (χ2v) is 7.36. The van der Waals surface area contributed by atoms with Gasteiger partial charge >= 0.3 is 0 Å². The number of nitrogens with two attached hydrogens (primary N) is 1. The SMILES string of the molecule is COc1ccc2cc(C(C)C)ccc2c1-c1cnc2c(-c3nn[nH]n3)cnn2c1N. The molecule has 0 aliphatic heterocycles. The van der Waals surface area contributed by atoms with Crippen LogP contribution in [0.4, 0.5) is 5.82 Å². The number of H-pyrrole nitrogens is 1. The minimum absolute atomic E-state index is 0.411. The molecule has 5 aromatic rings. The Labute approximate surface area is 171 Å². The third-order valence-electron chi connectivity index (χ3n) is 5.31. The third kappa shape index (κ3) is 2.66. The molecule has 0 saturated carbocycles. The van der Waals surface area contributed by atoms with E-state index < -0.39 is 0 Å². The highest BCUT2D eigenvalue weighted by Gasteiger charge is 2.20. The van der Waals surface area contributed by atoms with E-state index in [1.807, 2.05) is 6.07 Å². The van der Waals surface area contributed by atoms with Crippen LogP contribution in [0.2, 0.25) is 0 Å². The molecule has 0 amide bonds. The Morgan fingerprint density at radius 1 is 1.10 bits per heavy atom. The fourth-order valence-corrected chi connectivity index (χ4v) is 3.71. The number of tetrazole rings is 1. The molecule has 0 aliphatic rings. The van der Waals surface area contributed by atoms with Crippen molar-refractivity contribution in [2.24, 2.45) is 0 Å². The minimum Gasteiger partial charge on any atom is -0.496 e. The quantitative estimate of drug-likeness (QED) is 0.474. The van der Waals surface area contributed by atoms with Crippen LogP contribution in [-0.2, 0) is 0 Å². The lowest BCUT2D eigenvalue weighted by molar-refractivity contribution is 0.417. The molecule has 3 aromatic heterocycles. The monoisotopic (exact) mass is 400 g/mol. The average Bonchev–Trinajstić information content (AvgIpc) is 3.43. The third-order valence-corrected chi connectivity index (χ3v) is 5.31. The summed E-state index contributed by atoms with van der Waals surface area (Å²) >= 11 is 0. The van der Waals surface area contributed by atoms with Gasteiger partial charge in [-0.15, -0.1) is 10.2 Å². The molecule has 30 heavy (non-hydrogen) atoms. The number of rotatable bonds is 4. The fraction of sp³-hybridized carbons (Fsp3) is 0.190. The number of anilines is 1. The second-order valence-electron chi connectivity index (χ2n) is 7.36. The molecule has 0 saturated heterocycles. The summed E-state index contributed by atoms with van der Waals surface area (Å²) in [6.07, 6.45) is 3.37. The van der Waals surface area contributed by atoms with Crippen molar-refractivity contribution in [2.75, 3.05) is 12.8 Å². The van der Waals surface area contributed by atoms with E-state index in [1.165, 1.54) is 5.56 Å². The Kier molecular flexibility index (Phi) is 4.09. The molecule has 2 aromatic carbocycles. The summed E-state index contributed by atoms with van der Waals surface area (Å²) in [6, 6.07) is 10.5. The van der Waals surface area contributed by atoms with Gasteiger partial charge in [0.1, 0.15) is 11.6 Å². The van der Waals surface area contributed by atoms with E-state index in [9.17, 15) is 0 Å². The molecule has 0 fully saturated rings. The van der Waals surface area contributed by atoms with Crippen LogP contribution in [0.25, 0.3) is 38.9 Å². The Hall–Kier alpha value is -4.01. The zero-order valence-electron chi connectivity index (χ0n) is 16.8. The molecule has 0 spiro atoms. The van der Waals surface area contributed by atoms with Crippen molar-refractivity contribution >= 4 is 22.2 Å². The van der Waals surface area contributed by atoms with Crippen LogP contribution in [0.5, 0.6) is 5.75 Å². The number of fused-ring (bicyclic) bond motifs is 2. The standard InChI is InChI=1S/C21H20N8O/c1-11(2)12-4-6-14-13(8-12)5-7-17(30-3)18(14)15-9-23-21-16(20-25-27-28-26-20)10-24-29(21)19(15)22/h4-11H,22H2,1-3H3,(H,25,26,27,28). The van der Waals surface area contributed by atoms with E-state index >= 15 is 0 Å². The summed E-state index contributed by atoms with van der Waals surface area (Å²) in [5.41, 5.74) is 10.7. The first-order valence-electron chi connectivity index (χ1n) is 9.55. The Bertz CT molecular complexity index is 1370. The van der Waals surface area contributed by atoms with Crippen LogP contribution in [0.15, 0.2) is 42.7 Å². The predicted octanol–water partition coefficient (Wildman–Crippen LogP) is 3.44. The van der Waals surface area contributed by atoms with Crippen molar-refractivity contribution in [2.45, 2.75) is 19.8 Å². The maximum atomic E-state index is 6.55. The van der Waals surface area contributed by atoms with Gasteiger partial charge < -0.3 is 10.5 Å². The molecule has 0 bridgehead atoms. The van der Waals surface area contributed by atoms with Gasteiger partial charge in [0.05, 0.1) is 18.9 Å². The maximum Gasteiger partial charge on any atom is 0.210 e. The predicted molar refractivity (Wildman–Crippen MR) is 114 cm³/mol. The highest BCUT2D eigenvalue weighted by atomic mass is 16.5. The Balaban J connectivity index is 1.76. The number of aromatic nitrogens is 7. The van der Waals surface area contributed by atoms with Crippen LogP contribution < -0.4 is 10.5 Å². The molecule has 150 valence electrons. The van der Waals surface area contributed by atoms with Crippen LogP contribution in [0.3, 0.4) is 0 Å². The van der Waals surface area contributed by atoms with E-state index in [2.05, 4.69) is 68.8 Å². The zero-order valence-corrected chi connectivity index (χ0v) is 16.8. The van der Waals surface area contributed by atoms with E-state index in [1.54, 1.807) is 24.0 Å². The van der Waals surface area contributed by atoms with Crippen molar-refractivity contribution < 1.29 is 4.74 Å². The number of hydrogen-bond acceptors (Lipinski definition) is 7. The molecule has 3 heterocycles. The van der Waals surface area contributed by atoms with Crippen molar-refractivity contribution in [1.82, 2.24) is 35.2 Å². The number of ether oxygens (including phenoxy) is 1. The van der Waals surface area contributed by atoms with Gasteiger partial charge in [0.15, 0.2) is 5.65 Å². The first-order valence-corrected chi connectivity index (χ1v) is 9.55. The van der Waals surface area contributed by atoms with Crippen molar-refractivity contribution in [3.8, 4) is 28.3 Å². The van der Waals surface area contributed by atoms with E-state index in [0.29, 0.717) is 28.8 Å². The fourth-order valence-electron chi connectivity index (χ4n) is 3.71. The van der Waals surface area contributed by atoms with Gasteiger partial charge in [-0.3, -0.25) is 0 Å². The normalized spacial score (nSPS) is 11.6. The largest absolute Gasteiger partial charge is 0.496 e. The number of nitrogens with zero attached hydrogens (tertiary/aromatic N) is 6. The van der Waals surface area contributed by atoms with Gasteiger partial charge in [-0.25, -0.2) is 4.98 Å². The van der Waals surface area contributed by atoms with E-state index in [-0.39, 0.29) is 0 Å². The summed E-state index contributed by atoms with van der Waals surface area (Å²) < 4.78 is 7.26. The number of nitrogen functional groups attached to an aromatic ring is 1. The van der Waals surface area contributed by atoms with Gasteiger partial charge in [0.2, 0.25) is 5.82 Å². The first kappa shape index (κ1) is 18.0. The molecule has 5 rings (SSSR count). The van der Waals surface area contributed by atoms with Crippen LogP contribution in [-0.4, -0.2) is 42.3 Å². The number of aromatic amines is 1. The molecular formula is C21H20N8O. The molecule has 9 heteroatoms. The van der Waals surface area contributed by atoms with E-state index in [4.69, 9.17) is 10.5 Å². The number of methoxy groups -OCH3 is 1.